The molecule has 0 aliphatic carbocycles. The molecule has 1 aromatic heterocycles. The Hall–Kier alpha value is -3.22. The number of para-hydroxylation sites is 1. The molecule has 4 rings (SSSR count). The number of hydrogen-bond donors (Lipinski definition) is 0. The summed E-state index contributed by atoms with van der Waals surface area (Å²) in [4.78, 5) is 18.3. The summed E-state index contributed by atoms with van der Waals surface area (Å²) < 4.78 is 25.0. The summed E-state index contributed by atoms with van der Waals surface area (Å²) in [6, 6.07) is 12.2. The van der Waals surface area contributed by atoms with Gasteiger partial charge in [0.15, 0.2) is 0 Å². The Morgan fingerprint density at radius 3 is 2.85 bits per heavy atom. The number of halogens is 1. The van der Waals surface area contributed by atoms with Crippen molar-refractivity contribution in [3.05, 3.63) is 59.7 Å². The van der Waals surface area contributed by atoms with Gasteiger partial charge in [0.2, 0.25) is 17.6 Å². The Balaban J connectivity index is 1.59. The molecule has 0 N–H and O–H groups in total. The number of carbonyl (C=O) groups is 1. The van der Waals surface area contributed by atoms with Crippen molar-refractivity contribution >= 4 is 11.6 Å². The Kier molecular flexibility index (Phi) is 4.35. The van der Waals surface area contributed by atoms with E-state index in [-0.39, 0.29) is 23.9 Å². The number of benzene rings is 2. The second kappa shape index (κ2) is 6.83. The lowest BCUT2D eigenvalue weighted by molar-refractivity contribution is -0.117. The van der Waals surface area contributed by atoms with Crippen LogP contribution in [0, 0.1) is 12.7 Å². The second-order valence-corrected chi connectivity index (χ2v) is 6.52. The van der Waals surface area contributed by atoms with Crippen LogP contribution in [0.15, 0.2) is 47.0 Å². The summed E-state index contributed by atoms with van der Waals surface area (Å²) in [5, 5.41) is 4.02. The van der Waals surface area contributed by atoms with Crippen LogP contribution in [0.2, 0.25) is 0 Å². The summed E-state index contributed by atoms with van der Waals surface area (Å²) in [6.45, 7) is 2.10. The third kappa shape index (κ3) is 3.16. The normalized spacial score (nSPS) is 16.8. The quantitative estimate of drug-likeness (QED) is 0.703. The Morgan fingerprint density at radius 2 is 2.07 bits per heavy atom. The van der Waals surface area contributed by atoms with Crippen molar-refractivity contribution in [3.8, 4) is 17.1 Å². The van der Waals surface area contributed by atoms with Crippen LogP contribution in [0.3, 0.4) is 0 Å². The largest absolute Gasteiger partial charge is 0.496 e. The highest BCUT2D eigenvalue weighted by Crippen LogP contribution is 2.34. The summed E-state index contributed by atoms with van der Waals surface area (Å²) >= 11 is 0. The number of ether oxygens (including phenoxy) is 1. The van der Waals surface area contributed by atoms with Gasteiger partial charge in [0.1, 0.15) is 11.6 Å². The standard InChI is InChI=1S/C20H18FN3O3/c1-12-7-8-16(15(21)9-12)24-11-13(10-18(24)25)20-22-19(23-27-20)14-5-3-4-6-17(14)26-2/h3-9,13H,10-11H2,1-2H3. The number of rotatable bonds is 4. The van der Waals surface area contributed by atoms with Crippen molar-refractivity contribution in [3.63, 3.8) is 0 Å². The average Bonchev–Trinajstić information content (AvgIpc) is 3.29. The molecule has 0 bridgehead atoms. The van der Waals surface area contributed by atoms with Crippen LogP contribution < -0.4 is 9.64 Å². The fraction of sp³-hybridized carbons (Fsp3) is 0.250. The lowest BCUT2D eigenvalue weighted by Crippen LogP contribution is -2.25. The first-order chi connectivity index (χ1) is 13.1. The topological polar surface area (TPSA) is 68.5 Å². The van der Waals surface area contributed by atoms with Gasteiger partial charge in [-0.05, 0) is 36.8 Å². The fourth-order valence-electron chi connectivity index (χ4n) is 3.28. The summed E-state index contributed by atoms with van der Waals surface area (Å²) in [5.41, 5.74) is 1.79. The Labute approximate surface area is 155 Å². The second-order valence-electron chi connectivity index (χ2n) is 6.52. The van der Waals surface area contributed by atoms with E-state index in [1.54, 1.807) is 26.2 Å². The van der Waals surface area contributed by atoms with Gasteiger partial charge in [0.05, 0.1) is 24.3 Å². The van der Waals surface area contributed by atoms with E-state index in [9.17, 15) is 9.18 Å². The lowest BCUT2D eigenvalue weighted by atomic mass is 10.1. The van der Waals surface area contributed by atoms with Crippen LogP contribution in [-0.2, 0) is 4.79 Å². The van der Waals surface area contributed by atoms with Crippen LogP contribution in [0.5, 0.6) is 5.75 Å². The Bertz CT molecular complexity index is 1000. The van der Waals surface area contributed by atoms with E-state index < -0.39 is 5.82 Å². The first-order valence-corrected chi connectivity index (χ1v) is 8.60. The minimum absolute atomic E-state index is 0.167. The van der Waals surface area contributed by atoms with E-state index >= 15 is 0 Å². The molecule has 6 nitrogen and oxygen atoms in total. The maximum atomic E-state index is 14.3. The molecule has 7 heteroatoms. The first kappa shape index (κ1) is 17.2. The van der Waals surface area contributed by atoms with Gasteiger partial charge in [-0.1, -0.05) is 23.4 Å². The number of nitrogens with zero attached hydrogens (tertiary/aromatic N) is 3. The van der Waals surface area contributed by atoms with Crippen molar-refractivity contribution in [2.24, 2.45) is 0 Å². The predicted molar refractivity (Wildman–Crippen MR) is 97.1 cm³/mol. The highest BCUT2D eigenvalue weighted by Gasteiger charge is 2.36. The highest BCUT2D eigenvalue weighted by atomic mass is 19.1. The fourth-order valence-corrected chi connectivity index (χ4v) is 3.28. The Morgan fingerprint density at radius 1 is 1.26 bits per heavy atom. The minimum Gasteiger partial charge on any atom is -0.496 e. The number of aromatic nitrogens is 2. The van der Waals surface area contributed by atoms with Crippen molar-refractivity contribution < 1.29 is 18.4 Å². The minimum atomic E-state index is -0.413. The molecule has 0 spiro atoms. The molecular weight excluding hydrogens is 349 g/mol. The number of anilines is 1. The zero-order valence-electron chi connectivity index (χ0n) is 15.0. The van der Waals surface area contributed by atoms with Crippen molar-refractivity contribution in [2.75, 3.05) is 18.6 Å². The molecule has 1 amide bonds. The maximum Gasteiger partial charge on any atom is 0.232 e. The molecule has 1 aliphatic rings. The molecule has 27 heavy (non-hydrogen) atoms. The molecule has 0 saturated carbocycles. The smallest absolute Gasteiger partial charge is 0.232 e. The van der Waals surface area contributed by atoms with Crippen molar-refractivity contribution in [1.29, 1.82) is 0 Å². The van der Waals surface area contributed by atoms with Gasteiger partial charge in [0.25, 0.3) is 0 Å². The van der Waals surface area contributed by atoms with Gasteiger partial charge in [-0.15, -0.1) is 0 Å². The van der Waals surface area contributed by atoms with Gasteiger partial charge in [-0.25, -0.2) is 4.39 Å². The molecule has 3 aromatic rings. The van der Waals surface area contributed by atoms with Crippen molar-refractivity contribution in [2.45, 2.75) is 19.3 Å². The van der Waals surface area contributed by atoms with Crippen molar-refractivity contribution in [1.82, 2.24) is 10.1 Å². The van der Waals surface area contributed by atoms with Crippen LogP contribution in [-0.4, -0.2) is 29.7 Å². The zero-order valence-corrected chi connectivity index (χ0v) is 15.0. The SMILES string of the molecule is COc1ccccc1-c1noc(C2CC(=O)N(c3ccc(C)cc3F)C2)n1. The zero-order chi connectivity index (χ0) is 19.0. The van der Waals surface area contributed by atoms with E-state index in [1.807, 2.05) is 24.3 Å². The van der Waals surface area contributed by atoms with Crippen LogP contribution >= 0.6 is 0 Å². The monoisotopic (exact) mass is 367 g/mol. The molecule has 2 aromatic carbocycles. The number of hydrogen-bond acceptors (Lipinski definition) is 5. The molecule has 1 fully saturated rings. The number of carbonyl (C=O) groups excluding carboxylic acids is 1. The molecule has 2 heterocycles. The first-order valence-electron chi connectivity index (χ1n) is 8.60. The van der Waals surface area contributed by atoms with Crippen LogP contribution in [0.25, 0.3) is 11.4 Å². The summed E-state index contributed by atoms with van der Waals surface area (Å²) in [7, 11) is 1.57. The van der Waals surface area contributed by atoms with Gasteiger partial charge >= 0.3 is 0 Å². The van der Waals surface area contributed by atoms with Gasteiger partial charge in [0, 0.05) is 13.0 Å². The van der Waals surface area contributed by atoms with Gasteiger partial charge in [-0.2, -0.15) is 4.98 Å². The van der Waals surface area contributed by atoms with E-state index in [4.69, 9.17) is 9.26 Å². The third-order valence-electron chi connectivity index (χ3n) is 4.66. The van der Waals surface area contributed by atoms with Crippen LogP contribution in [0.1, 0.15) is 23.8 Å². The molecule has 1 atom stereocenters. The van der Waals surface area contributed by atoms with E-state index in [0.717, 1.165) is 5.56 Å². The molecular formula is C20H18FN3O3. The summed E-state index contributed by atoms with van der Waals surface area (Å²) in [5.74, 6) is 0.531. The highest BCUT2D eigenvalue weighted by molar-refractivity contribution is 5.96. The van der Waals surface area contributed by atoms with Gasteiger partial charge < -0.3 is 14.2 Å². The molecule has 1 unspecified atom stereocenters. The number of aryl methyl sites for hydroxylation is 1. The van der Waals surface area contributed by atoms with E-state index in [0.29, 0.717) is 29.6 Å². The number of amides is 1. The van der Waals surface area contributed by atoms with E-state index in [1.165, 1.54) is 11.0 Å². The van der Waals surface area contributed by atoms with Gasteiger partial charge in [-0.3, -0.25) is 4.79 Å². The molecule has 0 radical (unpaired) electrons. The summed E-state index contributed by atoms with van der Waals surface area (Å²) in [6.07, 6.45) is 0.195. The van der Waals surface area contributed by atoms with E-state index in [2.05, 4.69) is 10.1 Å². The molecule has 1 saturated heterocycles. The number of methoxy groups -OCH3 is 1. The third-order valence-corrected chi connectivity index (χ3v) is 4.66. The lowest BCUT2D eigenvalue weighted by Gasteiger charge is -2.17. The average molecular weight is 367 g/mol. The van der Waals surface area contributed by atoms with Crippen LogP contribution in [0.4, 0.5) is 10.1 Å². The maximum absolute atomic E-state index is 14.3. The predicted octanol–water partition coefficient (Wildman–Crippen LogP) is 3.71. The molecule has 1 aliphatic heterocycles. The molecule has 138 valence electrons.